The van der Waals surface area contributed by atoms with Crippen molar-refractivity contribution >= 4 is 37.5 Å². The number of aromatic nitrogens is 1. The first-order chi connectivity index (χ1) is 11.7. The van der Waals surface area contributed by atoms with E-state index in [1.165, 1.54) is 16.2 Å². The molecule has 1 saturated heterocycles. The molecule has 0 bridgehead atoms. The fraction of sp³-hybridized carbons (Fsp3) is 0.529. The number of ether oxygens (including phenoxy) is 1. The second-order valence-electron chi connectivity index (χ2n) is 7.20. The Morgan fingerprint density at radius 1 is 1.36 bits per heavy atom. The second-order valence-corrected chi connectivity index (χ2v) is 10.4. The first-order valence-corrected chi connectivity index (χ1v) is 10.7. The number of para-hydroxylation sites is 1. The molecule has 0 unspecified atom stereocenters. The molecule has 3 rings (SSSR count). The van der Waals surface area contributed by atoms with Gasteiger partial charge in [-0.15, -0.1) is 11.3 Å². The average Bonchev–Trinajstić information content (AvgIpc) is 3.11. The monoisotopic (exact) mass is 382 g/mol. The van der Waals surface area contributed by atoms with Gasteiger partial charge in [0.2, 0.25) is 14.2 Å². The summed E-state index contributed by atoms with van der Waals surface area (Å²) in [6.07, 6.45) is 0.984. The Bertz CT molecular complexity index is 850. The van der Waals surface area contributed by atoms with Crippen LogP contribution in [0.2, 0.25) is 0 Å². The van der Waals surface area contributed by atoms with E-state index in [1.54, 1.807) is 26.8 Å². The summed E-state index contributed by atoms with van der Waals surface area (Å²) in [5, 5.41) is 0. The van der Waals surface area contributed by atoms with Crippen LogP contribution in [-0.2, 0) is 14.6 Å². The van der Waals surface area contributed by atoms with Gasteiger partial charge in [0.15, 0.2) is 0 Å². The van der Waals surface area contributed by atoms with E-state index in [4.69, 9.17) is 4.74 Å². The largest absolute Gasteiger partial charge is 0.444 e. The Morgan fingerprint density at radius 3 is 2.76 bits per heavy atom. The number of carbonyl (C=O) groups is 1. The summed E-state index contributed by atoms with van der Waals surface area (Å²) >= 11 is 1.17. The summed E-state index contributed by atoms with van der Waals surface area (Å²) in [6.45, 7) is 5.92. The molecule has 25 heavy (non-hydrogen) atoms. The van der Waals surface area contributed by atoms with Gasteiger partial charge in [0, 0.05) is 12.6 Å². The summed E-state index contributed by atoms with van der Waals surface area (Å²) < 4.78 is 31.9. The third kappa shape index (κ3) is 4.12. The van der Waals surface area contributed by atoms with E-state index in [9.17, 15) is 13.2 Å². The smallest absolute Gasteiger partial charge is 0.410 e. The fourth-order valence-corrected chi connectivity index (χ4v) is 5.79. The van der Waals surface area contributed by atoms with Crippen molar-refractivity contribution in [2.24, 2.45) is 0 Å². The fourth-order valence-electron chi connectivity index (χ4n) is 2.88. The van der Waals surface area contributed by atoms with Crippen molar-refractivity contribution in [2.45, 2.75) is 49.6 Å². The van der Waals surface area contributed by atoms with Crippen LogP contribution in [0.4, 0.5) is 4.79 Å². The Hall–Kier alpha value is -1.67. The van der Waals surface area contributed by atoms with Crippen LogP contribution in [0.25, 0.3) is 10.2 Å². The lowest BCUT2D eigenvalue weighted by atomic mass is 10.2. The highest BCUT2D eigenvalue weighted by Gasteiger charge is 2.36. The lowest BCUT2D eigenvalue weighted by Gasteiger charge is -2.28. The summed E-state index contributed by atoms with van der Waals surface area (Å²) in [4.78, 5) is 18.1. The van der Waals surface area contributed by atoms with E-state index >= 15 is 0 Å². The molecule has 2 aromatic rings. The third-order valence-corrected chi connectivity index (χ3v) is 7.25. The molecular weight excluding hydrogens is 360 g/mol. The molecule has 1 aliphatic heterocycles. The molecule has 1 aromatic carbocycles. The highest BCUT2D eigenvalue weighted by molar-refractivity contribution is 7.93. The Labute approximate surface area is 151 Å². The van der Waals surface area contributed by atoms with Crippen molar-refractivity contribution in [3.8, 4) is 0 Å². The van der Waals surface area contributed by atoms with Gasteiger partial charge in [-0.05, 0) is 45.7 Å². The van der Waals surface area contributed by atoms with Gasteiger partial charge in [-0.2, -0.15) is 0 Å². The Morgan fingerprint density at radius 2 is 2.08 bits per heavy atom. The minimum absolute atomic E-state index is 0.115. The van der Waals surface area contributed by atoms with Gasteiger partial charge in [-0.3, -0.25) is 0 Å². The van der Waals surface area contributed by atoms with E-state index in [0.29, 0.717) is 18.5 Å². The molecule has 1 atom stereocenters. The topological polar surface area (TPSA) is 76.6 Å². The molecule has 0 aliphatic carbocycles. The third-order valence-electron chi connectivity index (χ3n) is 3.96. The molecule has 2 heterocycles. The van der Waals surface area contributed by atoms with Gasteiger partial charge < -0.3 is 9.64 Å². The maximum atomic E-state index is 12.8. The summed E-state index contributed by atoms with van der Waals surface area (Å²) in [7, 11) is -3.56. The molecule has 136 valence electrons. The van der Waals surface area contributed by atoms with Gasteiger partial charge in [0.25, 0.3) is 0 Å². The lowest BCUT2D eigenvalue weighted by Crippen LogP contribution is -2.42. The van der Waals surface area contributed by atoms with Crippen molar-refractivity contribution in [3.05, 3.63) is 24.3 Å². The first-order valence-electron chi connectivity index (χ1n) is 8.24. The lowest BCUT2D eigenvalue weighted by molar-refractivity contribution is 0.0241. The minimum Gasteiger partial charge on any atom is -0.444 e. The van der Waals surface area contributed by atoms with Gasteiger partial charge in [-0.1, -0.05) is 12.1 Å². The quantitative estimate of drug-likeness (QED) is 0.812. The van der Waals surface area contributed by atoms with E-state index in [0.717, 1.165) is 11.1 Å². The molecule has 8 heteroatoms. The molecule has 0 spiro atoms. The van der Waals surface area contributed by atoms with Crippen LogP contribution >= 0.6 is 11.3 Å². The number of sulfone groups is 1. The number of likely N-dealkylation sites (tertiary alicyclic amines) is 1. The number of nitrogens with zero attached hydrogens (tertiary/aromatic N) is 2. The summed E-state index contributed by atoms with van der Waals surface area (Å²) in [5.41, 5.74) is 0.0809. The molecule has 1 amide bonds. The number of hydrogen-bond acceptors (Lipinski definition) is 6. The number of rotatable bonds is 3. The SMILES string of the molecule is CC(C)(C)OC(=O)N1CCC[C@H]1CS(=O)(=O)c1nc2ccccc2s1. The van der Waals surface area contributed by atoms with Crippen molar-refractivity contribution < 1.29 is 17.9 Å². The molecular formula is C17H22N2O4S2. The number of hydrogen-bond donors (Lipinski definition) is 0. The normalized spacial score (nSPS) is 18.7. The molecule has 0 N–H and O–H groups in total. The zero-order valence-corrected chi connectivity index (χ0v) is 16.2. The van der Waals surface area contributed by atoms with Gasteiger partial charge in [-0.25, -0.2) is 18.2 Å². The average molecular weight is 383 g/mol. The predicted octanol–water partition coefficient (Wildman–Crippen LogP) is 3.47. The molecule has 1 fully saturated rings. The van der Waals surface area contributed by atoms with Crippen LogP contribution in [-0.4, -0.2) is 48.3 Å². The standard InChI is InChI=1S/C17H22N2O4S2/c1-17(2,3)23-16(20)19-10-6-7-12(19)11-25(21,22)15-18-13-8-4-5-9-14(13)24-15/h4-5,8-9,12H,6-7,10-11H2,1-3H3/t12-/m0/s1. The van der Waals surface area contributed by atoms with Crippen molar-refractivity contribution in [1.29, 1.82) is 0 Å². The molecule has 1 aromatic heterocycles. The number of carbonyl (C=O) groups excluding carboxylic acids is 1. The molecule has 0 saturated carbocycles. The molecule has 1 aliphatic rings. The zero-order chi connectivity index (χ0) is 18.2. The van der Waals surface area contributed by atoms with Crippen LogP contribution in [0.5, 0.6) is 0 Å². The number of benzene rings is 1. The van der Waals surface area contributed by atoms with Gasteiger partial charge >= 0.3 is 6.09 Å². The first kappa shape index (κ1) is 18.1. The van der Waals surface area contributed by atoms with Crippen molar-refractivity contribution in [1.82, 2.24) is 9.88 Å². The van der Waals surface area contributed by atoms with Crippen molar-refractivity contribution in [2.75, 3.05) is 12.3 Å². The molecule has 6 nitrogen and oxygen atoms in total. The van der Waals surface area contributed by atoms with E-state index < -0.39 is 21.5 Å². The van der Waals surface area contributed by atoms with Crippen LogP contribution in [0, 0.1) is 0 Å². The predicted molar refractivity (Wildman–Crippen MR) is 97.6 cm³/mol. The maximum absolute atomic E-state index is 12.8. The number of thiazole rings is 1. The van der Waals surface area contributed by atoms with Crippen molar-refractivity contribution in [3.63, 3.8) is 0 Å². The minimum atomic E-state index is -3.56. The Kier molecular flexibility index (Phi) is 4.76. The van der Waals surface area contributed by atoms with Crippen LogP contribution in [0.15, 0.2) is 28.6 Å². The number of amides is 1. The van der Waals surface area contributed by atoms with E-state index in [2.05, 4.69) is 4.98 Å². The highest BCUT2D eigenvalue weighted by Crippen LogP contribution is 2.29. The van der Waals surface area contributed by atoms with Gasteiger partial charge in [0.05, 0.1) is 16.0 Å². The number of fused-ring (bicyclic) bond motifs is 1. The van der Waals surface area contributed by atoms with E-state index in [-0.39, 0.29) is 16.1 Å². The summed E-state index contributed by atoms with van der Waals surface area (Å²) in [5.74, 6) is -0.119. The Balaban J connectivity index is 1.78. The van der Waals surface area contributed by atoms with Crippen LogP contribution in [0.1, 0.15) is 33.6 Å². The van der Waals surface area contributed by atoms with Gasteiger partial charge in [0.1, 0.15) is 5.60 Å². The van der Waals surface area contributed by atoms with Crippen LogP contribution < -0.4 is 0 Å². The summed E-state index contributed by atoms with van der Waals surface area (Å²) in [6, 6.07) is 6.98. The van der Waals surface area contributed by atoms with Crippen LogP contribution in [0.3, 0.4) is 0 Å². The molecule has 0 radical (unpaired) electrons. The zero-order valence-electron chi connectivity index (χ0n) is 14.6. The maximum Gasteiger partial charge on any atom is 0.410 e. The highest BCUT2D eigenvalue weighted by atomic mass is 32.2. The second kappa shape index (κ2) is 6.57. The van der Waals surface area contributed by atoms with E-state index in [1.807, 2.05) is 18.2 Å².